The van der Waals surface area contributed by atoms with E-state index in [1.807, 2.05) is 0 Å². The number of hydrogen-bond donors (Lipinski definition) is 1. The number of esters is 1. The van der Waals surface area contributed by atoms with Crippen LogP contribution in [0.2, 0.25) is 0 Å². The van der Waals surface area contributed by atoms with Gasteiger partial charge in [-0.15, -0.1) is 0 Å². The molecule has 17 heavy (non-hydrogen) atoms. The summed E-state index contributed by atoms with van der Waals surface area (Å²) in [4.78, 5) is 26.9. The van der Waals surface area contributed by atoms with Crippen molar-refractivity contribution in [3.05, 3.63) is 28.6 Å². The van der Waals surface area contributed by atoms with Crippen LogP contribution >= 0.6 is 0 Å². The van der Waals surface area contributed by atoms with Crippen LogP contribution in [0.25, 0.3) is 5.65 Å². The molecule has 0 aliphatic heterocycles. The molecule has 0 unspecified atom stereocenters. The van der Waals surface area contributed by atoms with E-state index in [1.54, 1.807) is 20.8 Å². The molecular weight excluding hydrogens is 224 g/mol. The molecule has 7 heteroatoms. The Morgan fingerprint density at radius 1 is 1.47 bits per heavy atom. The van der Waals surface area contributed by atoms with E-state index in [4.69, 9.17) is 4.74 Å². The van der Waals surface area contributed by atoms with Gasteiger partial charge >= 0.3 is 11.7 Å². The van der Waals surface area contributed by atoms with Gasteiger partial charge in [0, 0.05) is 6.20 Å². The summed E-state index contributed by atoms with van der Waals surface area (Å²) >= 11 is 0. The van der Waals surface area contributed by atoms with Crippen molar-refractivity contribution in [2.45, 2.75) is 26.4 Å². The fourth-order valence-corrected chi connectivity index (χ4v) is 1.25. The number of fused-ring (bicyclic) bond motifs is 1. The highest BCUT2D eigenvalue weighted by Crippen LogP contribution is 2.10. The van der Waals surface area contributed by atoms with Crippen molar-refractivity contribution in [2.75, 3.05) is 0 Å². The van der Waals surface area contributed by atoms with Gasteiger partial charge in [-0.05, 0) is 20.8 Å². The number of H-pyrrole nitrogens is 1. The van der Waals surface area contributed by atoms with E-state index in [-0.39, 0.29) is 5.69 Å². The van der Waals surface area contributed by atoms with Gasteiger partial charge in [-0.25, -0.2) is 24.1 Å². The van der Waals surface area contributed by atoms with Crippen LogP contribution in [0.3, 0.4) is 0 Å². The molecule has 0 atom stereocenters. The lowest BCUT2D eigenvalue weighted by Crippen LogP contribution is -2.25. The van der Waals surface area contributed by atoms with E-state index < -0.39 is 17.3 Å². The molecule has 2 heterocycles. The molecule has 0 radical (unpaired) electrons. The lowest BCUT2D eigenvalue weighted by atomic mass is 10.2. The van der Waals surface area contributed by atoms with Crippen LogP contribution in [0, 0.1) is 0 Å². The van der Waals surface area contributed by atoms with E-state index in [0.29, 0.717) is 5.65 Å². The predicted molar refractivity (Wildman–Crippen MR) is 58.8 cm³/mol. The molecule has 0 fully saturated rings. The molecule has 0 aliphatic rings. The van der Waals surface area contributed by atoms with Gasteiger partial charge in [0.2, 0.25) is 0 Å². The van der Waals surface area contributed by atoms with E-state index in [0.717, 1.165) is 0 Å². The zero-order chi connectivity index (χ0) is 12.6. The Kier molecular flexibility index (Phi) is 2.45. The molecule has 0 saturated heterocycles. The standard InChI is InChI=1S/C10H12N4O3/c1-10(2,3)17-8(15)6-5-14-7(4-11-6)12-13-9(14)16/h4-5H,1-3H3,(H,13,16). The molecule has 0 saturated carbocycles. The van der Waals surface area contributed by atoms with Gasteiger partial charge in [-0.2, -0.15) is 5.10 Å². The summed E-state index contributed by atoms with van der Waals surface area (Å²) in [5.74, 6) is -0.576. The van der Waals surface area contributed by atoms with Gasteiger partial charge in [0.05, 0.1) is 6.20 Å². The fraction of sp³-hybridized carbons (Fsp3) is 0.400. The highest BCUT2D eigenvalue weighted by Gasteiger charge is 2.19. The second-order valence-corrected chi connectivity index (χ2v) is 4.53. The van der Waals surface area contributed by atoms with Crippen molar-refractivity contribution in [3.8, 4) is 0 Å². The molecule has 0 amide bonds. The summed E-state index contributed by atoms with van der Waals surface area (Å²) in [5, 5.41) is 5.96. The minimum Gasteiger partial charge on any atom is -0.455 e. The topological polar surface area (TPSA) is 89.4 Å². The minimum absolute atomic E-state index is 0.0657. The first-order valence-electron chi connectivity index (χ1n) is 5.03. The SMILES string of the molecule is CC(C)(C)OC(=O)c1cn2c(=O)[nH]nc2cn1. The van der Waals surface area contributed by atoms with Crippen LogP contribution < -0.4 is 5.69 Å². The maximum atomic E-state index is 11.7. The number of rotatable bonds is 1. The Bertz CT molecular complexity index is 620. The average molecular weight is 236 g/mol. The largest absolute Gasteiger partial charge is 0.455 e. The zero-order valence-electron chi connectivity index (χ0n) is 9.72. The highest BCUT2D eigenvalue weighted by atomic mass is 16.6. The average Bonchev–Trinajstić information content (AvgIpc) is 2.57. The van der Waals surface area contributed by atoms with Crippen molar-refractivity contribution < 1.29 is 9.53 Å². The Morgan fingerprint density at radius 2 is 2.18 bits per heavy atom. The van der Waals surface area contributed by atoms with Gasteiger partial charge < -0.3 is 4.74 Å². The number of carbonyl (C=O) groups is 1. The Labute approximate surface area is 96.4 Å². The van der Waals surface area contributed by atoms with Crippen molar-refractivity contribution in [2.24, 2.45) is 0 Å². The molecule has 1 N–H and O–H groups in total. The number of carbonyl (C=O) groups excluding carboxylic acids is 1. The summed E-state index contributed by atoms with van der Waals surface area (Å²) in [6.07, 6.45) is 2.63. The van der Waals surface area contributed by atoms with Crippen LogP contribution in [0.15, 0.2) is 17.2 Å². The summed E-state index contributed by atoms with van der Waals surface area (Å²) in [6, 6.07) is 0. The van der Waals surface area contributed by atoms with E-state index in [9.17, 15) is 9.59 Å². The molecule has 0 spiro atoms. The zero-order valence-corrected chi connectivity index (χ0v) is 9.72. The smallest absolute Gasteiger partial charge is 0.358 e. The third-order valence-corrected chi connectivity index (χ3v) is 1.91. The Balaban J connectivity index is 2.39. The van der Waals surface area contributed by atoms with Gasteiger partial charge in [-0.3, -0.25) is 0 Å². The third-order valence-electron chi connectivity index (χ3n) is 1.91. The number of hydrogen-bond acceptors (Lipinski definition) is 5. The Hall–Kier alpha value is -2.18. The van der Waals surface area contributed by atoms with Crippen molar-refractivity contribution in [1.82, 2.24) is 19.6 Å². The first kappa shape index (κ1) is 11.3. The second-order valence-electron chi connectivity index (χ2n) is 4.53. The predicted octanol–water partition coefficient (Wildman–Crippen LogP) is 0.373. The molecular formula is C10H12N4O3. The lowest BCUT2D eigenvalue weighted by Gasteiger charge is -2.18. The summed E-state index contributed by atoms with van der Waals surface area (Å²) in [7, 11) is 0. The maximum absolute atomic E-state index is 11.7. The highest BCUT2D eigenvalue weighted by molar-refractivity contribution is 5.87. The molecule has 90 valence electrons. The van der Waals surface area contributed by atoms with Gasteiger partial charge in [0.25, 0.3) is 0 Å². The van der Waals surface area contributed by atoms with E-state index >= 15 is 0 Å². The molecule has 2 aromatic rings. The monoisotopic (exact) mass is 236 g/mol. The number of ether oxygens (including phenoxy) is 1. The fourth-order valence-electron chi connectivity index (χ4n) is 1.25. The molecule has 2 aromatic heterocycles. The lowest BCUT2D eigenvalue weighted by molar-refractivity contribution is 0.00622. The molecule has 2 rings (SSSR count). The van der Waals surface area contributed by atoms with Crippen molar-refractivity contribution >= 4 is 11.6 Å². The molecule has 7 nitrogen and oxygen atoms in total. The van der Waals surface area contributed by atoms with Crippen LogP contribution in [0.5, 0.6) is 0 Å². The maximum Gasteiger partial charge on any atom is 0.358 e. The Morgan fingerprint density at radius 3 is 2.82 bits per heavy atom. The van der Waals surface area contributed by atoms with Crippen molar-refractivity contribution in [3.63, 3.8) is 0 Å². The molecule has 0 aromatic carbocycles. The quantitative estimate of drug-likeness (QED) is 0.722. The number of nitrogens with zero attached hydrogens (tertiary/aromatic N) is 3. The van der Waals surface area contributed by atoms with E-state index in [1.165, 1.54) is 16.8 Å². The van der Waals surface area contributed by atoms with Crippen LogP contribution in [0.4, 0.5) is 0 Å². The minimum atomic E-state index is -0.602. The first-order valence-corrected chi connectivity index (χ1v) is 5.03. The third kappa shape index (κ3) is 2.32. The number of aromatic nitrogens is 4. The van der Waals surface area contributed by atoms with Gasteiger partial charge in [-0.1, -0.05) is 0 Å². The van der Waals surface area contributed by atoms with Crippen LogP contribution in [-0.2, 0) is 4.74 Å². The summed E-state index contributed by atoms with van der Waals surface area (Å²) in [5.41, 5.74) is -0.611. The summed E-state index contributed by atoms with van der Waals surface area (Å²) < 4.78 is 6.34. The number of aromatic amines is 1. The van der Waals surface area contributed by atoms with Gasteiger partial charge in [0.15, 0.2) is 11.3 Å². The van der Waals surface area contributed by atoms with Crippen LogP contribution in [0.1, 0.15) is 31.3 Å². The normalized spacial score (nSPS) is 11.7. The van der Waals surface area contributed by atoms with Crippen LogP contribution in [-0.4, -0.2) is 31.2 Å². The molecule has 0 bridgehead atoms. The second kappa shape index (κ2) is 3.69. The molecule has 0 aliphatic carbocycles. The first-order chi connectivity index (χ1) is 7.87. The van der Waals surface area contributed by atoms with Gasteiger partial charge in [0.1, 0.15) is 5.60 Å². The number of nitrogens with one attached hydrogen (secondary N) is 1. The van der Waals surface area contributed by atoms with E-state index in [2.05, 4.69) is 15.2 Å². The van der Waals surface area contributed by atoms with Crippen molar-refractivity contribution in [1.29, 1.82) is 0 Å². The summed E-state index contributed by atoms with van der Waals surface area (Å²) in [6.45, 7) is 5.27.